The molecule has 0 aromatic carbocycles. The van der Waals surface area contributed by atoms with Crippen molar-refractivity contribution in [1.82, 2.24) is 14.5 Å². The van der Waals surface area contributed by atoms with Crippen LogP contribution in [0.15, 0.2) is 29.3 Å². The molecule has 0 amide bonds. The van der Waals surface area contributed by atoms with E-state index in [0.29, 0.717) is 5.69 Å². The van der Waals surface area contributed by atoms with E-state index in [1.807, 2.05) is 17.8 Å². The predicted molar refractivity (Wildman–Crippen MR) is 71.8 cm³/mol. The zero-order valence-corrected chi connectivity index (χ0v) is 11.1. The maximum absolute atomic E-state index is 5.83. The summed E-state index contributed by atoms with van der Waals surface area (Å²) >= 11 is 3.41. The van der Waals surface area contributed by atoms with Crippen LogP contribution in [-0.4, -0.2) is 21.1 Å². The molecule has 2 aromatic rings. The van der Waals surface area contributed by atoms with Crippen molar-refractivity contribution in [3.05, 3.63) is 35.1 Å². The van der Waals surface area contributed by atoms with E-state index in [4.69, 9.17) is 5.73 Å². The number of nitrogen functional groups attached to an aromatic ring is 1. The van der Waals surface area contributed by atoms with Gasteiger partial charge in [0.15, 0.2) is 0 Å². The highest BCUT2D eigenvalue weighted by Crippen LogP contribution is 2.26. The molecule has 0 spiro atoms. The average molecular weight is 296 g/mol. The number of nitrogens with two attached hydrogens (primary N) is 1. The van der Waals surface area contributed by atoms with Crippen LogP contribution in [0.4, 0.5) is 11.4 Å². The SMILES string of the molecule is Cn1ccnc1CCNc1c(N)cncc1Br. The molecule has 0 bridgehead atoms. The quantitative estimate of drug-likeness (QED) is 0.903. The Morgan fingerprint density at radius 2 is 2.29 bits per heavy atom. The van der Waals surface area contributed by atoms with E-state index in [1.54, 1.807) is 18.6 Å². The van der Waals surface area contributed by atoms with Gasteiger partial charge in [-0.3, -0.25) is 4.98 Å². The largest absolute Gasteiger partial charge is 0.396 e. The van der Waals surface area contributed by atoms with E-state index < -0.39 is 0 Å². The highest BCUT2D eigenvalue weighted by molar-refractivity contribution is 9.10. The molecule has 0 aliphatic rings. The van der Waals surface area contributed by atoms with Gasteiger partial charge in [-0.05, 0) is 15.9 Å². The molecule has 0 saturated heterocycles. The molecule has 90 valence electrons. The van der Waals surface area contributed by atoms with Crippen molar-refractivity contribution in [1.29, 1.82) is 0 Å². The smallest absolute Gasteiger partial charge is 0.110 e. The van der Waals surface area contributed by atoms with E-state index in [0.717, 1.165) is 29.0 Å². The van der Waals surface area contributed by atoms with Gasteiger partial charge in [0, 0.05) is 38.6 Å². The first kappa shape index (κ1) is 11.9. The number of hydrogen-bond donors (Lipinski definition) is 2. The zero-order chi connectivity index (χ0) is 12.3. The van der Waals surface area contributed by atoms with Crippen molar-refractivity contribution in [2.24, 2.45) is 7.05 Å². The summed E-state index contributed by atoms with van der Waals surface area (Å²) < 4.78 is 2.88. The number of aromatic nitrogens is 3. The fourth-order valence-electron chi connectivity index (χ4n) is 1.57. The lowest BCUT2D eigenvalue weighted by Gasteiger charge is -2.10. The van der Waals surface area contributed by atoms with Gasteiger partial charge in [0.1, 0.15) is 5.82 Å². The fourth-order valence-corrected chi connectivity index (χ4v) is 2.06. The Labute approximate surface area is 108 Å². The monoisotopic (exact) mass is 295 g/mol. The Morgan fingerprint density at radius 3 is 2.94 bits per heavy atom. The summed E-state index contributed by atoms with van der Waals surface area (Å²) in [6.45, 7) is 0.775. The molecule has 2 aromatic heterocycles. The van der Waals surface area contributed by atoms with Crippen LogP contribution in [0.3, 0.4) is 0 Å². The molecule has 0 aliphatic heterocycles. The van der Waals surface area contributed by atoms with Crippen molar-refractivity contribution in [2.75, 3.05) is 17.6 Å². The molecule has 17 heavy (non-hydrogen) atoms. The van der Waals surface area contributed by atoms with Crippen LogP contribution in [0.25, 0.3) is 0 Å². The van der Waals surface area contributed by atoms with Gasteiger partial charge in [-0.1, -0.05) is 0 Å². The average Bonchev–Trinajstić information content (AvgIpc) is 2.69. The number of nitrogens with one attached hydrogen (secondary N) is 1. The highest BCUT2D eigenvalue weighted by Gasteiger charge is 2.04. The molecule has 2 rings (SSSR count). The number of anilines is 2. The molecule has 2 heterocycles. The van der Waals surface area contributed by atoms with Crippen molar-refractivity contribution >= 4 is 27.3 Å². The van der Waals surface area contributed by atoms with E-state index in [2.05, 4.69) is 31.2 Å². The molecule has 0 unspecified atom stereocenters. The topological polar surface area (TPSA) is 68.8 Å². The number of nitrogens with zero attached hydrogens (tertiary/aromatic N) is 3. The summed E-state index contributed by atoms with van der Waals surface area (Å²) in [4.78, 5) is 8.25. The van der Waals surface area contributed by atoms with Gasteiger partial charge in [0.2, 0.25) is 0 Å². The molecule has 3 N–H and O–H groups in total. The van der Waals surface area contributed by atoms with Crippen LogP contribution in [0.1, 0.15) is 5.82 Å². The van der Waals surface area contributed by atoms with Crippen molar-refractivity contribution in [3.8, 4) is 0 Å². The maximum atomic E-state index is 5.83. The lowest BCUT2D eigenvalue weighted by molar-refractivity contribution is 0.789. The Bertz CT molecular complexity index is 488. The Balaban J connectivity index is 1.97. The molecule has 0 aliphatic carbocycles. The van der Waals surface area contributed by atoms with Crippen molar-refractivity contribution in [3.63, 3.8) is 0 Å². The van der Waals surface area contributed by atoms with E-state index in [-0.39, 0.29) is 0 Å². The van der Waals surface area contributed by atoms with E-state index >= 15 is 0 Å². The summed E-state index contributed by atoms with van der Waals surface area (Å²) in [5.41, 5.74) is 7.36. The number of imidazole rings is 1. The second-order valence-corrected chi connectivity index (χ2v) is 4.57. The normalized spacial score (nSPS) is 10.5. The molecule has 5 nitrogen and oxygen atoms in total. The van der Waals surface area contributed by atoms with Gasteiger partial charge < -0.3 is 15.6 Å². The van der Waals surface area contributed by atoms with Crippen LogP contribution in [-0.2, 0) is 13.5 Å². The Morgan fingerprint density at radius 1 is 1.47 bits per heavy atom. The molecular weight excluding hydrogens is 282 g/mol. The van der Waals surface area contributed by atoms with Crippen LogP contribution in [0.5, 0.6) is 0 Å². The third-order valence-corrected chi connectivity index (χ3v) is 3.10. The summed E-state index contributed by atoms with van der Waals surface area (Å²) in [6, 6.07) is 0. The highest BCUT2D eigenvalue weighted by atomic mass is 79.9. The molecule has 0 saturated carbocycles. The summed E-state index contributed by atoms with van der Waals surface area (Å²) in [7, 11) is 1.99. The maximum Gasteiger partial charge on any atom is 0.110 e. The summed E-state index contributed by atoms with van der Waals surface area (Å²) in [6.07, 6.45) is 7.93. The Kier molecular flexibility index (Phi) is 3.63. The number of halogens is 1. The van der Waals surface area contributed by atoms with Gasteiger partial charge in [0.25, 0.3) is 0 Å². The van der Waals surface area contributed by atoms with E-state index in [9.17, 15) is 0 Å². The summed E-state index contributed by atoms with van der Waals surface area (Å²) in [5.74, 6) is 1.04. The zero-order valence-electron chi connectivity index (χ0n) is 9.52. The molecular formula is C11H14BrN5. The third kappa shape index (κ3) is 2.76. The number of hydrogen-bond acceptors (Lipinski definition) is 4. The van der Waals surface area contributed by atoms with Crippen LogP contribution in [0.2, 0.25) is 0 Å². The van der Waals surface area contributed by atoms with E-state index in [1.165, 1.54) is 0 Å². The second-order valence-electron chi connectivity index (χ2n) is 3.72. The number of rotatable bonds is 4. The van der Waals surface area contributed by atoms with Crippen LogP contribution >= 0.6 is 15.9 Å². The minimum atomic E-state index is 0.638. The first-order valence-corrected chi connectivity index (χ1v) is 6.07. The van der Waals surface area contributed by atoms with Crippen LogP contribution in [0, 0.1) is 0 Å². The predicted octanol–water partition coefficient (Wildman–Crippen LogP) is 1.81. The molecule has 6 heteroatoms. The molecule has 0 radical (unpaired) electrons. The van der Waals surface area contributed by atoms with Crippen molar-refractivity contribution in [2.45, 2.75) is 6.42 Å². The lowest BCUT2D eigenvalue weighted by atomic mass is 10.3. The molecule has 0 atom stereocenters. The van der Waals surface area contributed by atoms with Gasteiger partial charge in [0.05, 0.1) is 22.0 Å². The van der Waals surface area contributed by atoms with Crippen molar-refractivity contribution < 1.29 is 0 Å². The summed E-state index contributed by atoms with van der Waals surface area (Å²) in [5, 5.41) is 3.28. The first-order chi connectivity index (χ1) is 8.18. The number of aryl methyl sites for hydroxylation is 1. The Hall–Kier alpha value is -1.56. The lowest BCUT2D eigenvalue weighted by Crippen LogP contribution is -2.10. The fraction of sp³-hybridized carbons (Fsp3) is 0.273. The van der Waals surface area contributed by atoms with Crippen LogP contribution < -0.4 is 11.1 Å². The minimum Gasteiger partial charge on any atom is -0.396 e. The number of pyridine rings is 1. The van der Waals surface area contributed by atoms with Gasteiger partial charge in [-0.25, -0.2) is 4.98 Å². The third-order valence-electron chi connectivity index (χ3n) is 2.50. The van der Waals surface area contributed by atoms with Gasteiger partial charge >= 0.3 is 0 Å². The second kappa shape index (κ2) is 5.18. The molecule has 0 fully saturated rings. The van der Waals surface area contributed by atoms with Gasteiger partial charge in [-0.2, -0.15) is 0 Å². The minimum absolute atomic E-state index is 0.638. The van der Waals surface area contributed by atoms with Gasteiger partial charge in [-0.15, -0.1) is 0 Å². The first-order valence-electron chi connectivity index (χ1n) is 5.27. The standard InChI is InChI=1S/C11H14BrN5/c1-17-5-4-15-10(17)2-3-16-11-8(12)6-14-7-9(11)13/h4-7H,2-3,13H2,1H3,(H,14,16).